The van der Waals surface area contributed by atoms with Gasteiger partial charge >= 0.3 is 0 Å². The van der Waals surface area contributed by atoms with Gasteiger partial charge in [0.2, 0.25) is 15.9 Å². The molecule has 0 fully saturated rings. The van der Waals surface area contributed by atoms with Crippen LogP contribution in [0.4, 0.5) is 0 Å². The number of benzene rings is 1. The van der Waals surface area contributed by atoms with Gasteiger partial charge in [-0.05, 0) is 30.4 Å². The Morgan fingerprint density at radius 2 is 2.10 bits per heavy atom. The van der Waals surface area contributed by atoms with Crippen molar-refractivity contribution in [1.82, 2.24) is 9.62 Å². The molecule has 1 aliphatic carbocycles. The molecule has 20 heavy (non-hydrogen) atoms. The minimum Gasteiger partial charge on any atom is -0.348 e. The molecule has 0 aliphatic heterocycles. The van der Waals surface area contributed by atoms with E-state index in [1.807, 2.05) is 18.2 Å². The molecule has 0 aromatic heterocycles. The van der Waals surface area contributed by atoms with Crippen LogP contribution in [0.3, 0.4) is 0 Å². The first kappa shape index (κ1) is 15.0. The summed E-state index contributed by atoms with van der Waals surface area (Å²) in [7, 11) is -1.92. The molecule has 0 saturated carbocycles. The zero-order chi connectivity index (χ0) is 14.8. The van der Waals surface area contributed by atoms with Crippen LogP contribution >= 0.6 is 0 Å². The zero-order valence-electron chi connectivity index (χ0n) is 11.8. The summed E-state index contributed by atoms with van der Waals surface area (Å²) in [6, 6.07) is 8.06. The van der Waals surface area contributed by atoms with Crippen molar-refractivity contribution in [3.8, 4) is 0 Å². The fraction of sp³-hybridized carbons (Fsp3) is 0.500. The van der Waals surface area contributed by atoms with Gasteiger partial charge in [-0.3, -0.25) is 4.79 Å². The maximum atomic E-state index is 12.0. The first-order chi connectivity index (χ1) is 9.38. The lowest BCUT2D eigenvalue weighted by Gasteiger charge is -2.27. The summed E-state index contributed by atoms with van der Waals surface area (Å²) in [5, 5.41) is 2.93. The van der Waals surface area contributed by atoms with Gasteiger partial charge in [0.15, 0.2) is 0 Å². The maximum absolute atomic E-state index is 12.0. The van der Waals surface area contributed by atoms with Crippen LogP contribution in [0.5, 0.6) is 0 Å². The lowest BCUT2D eigenvalue weighted by Crippen LogP contribution is -2.40. The monoisotopic (exact) mass is 296 g/mol. The van der Waals surface area contributed by atoms with Crippen molar-refractivity contribution >= 4 is 15.9 Å². The molecule has 1 amide bonds. The molecule has 0 heterocycles. The Hall–Kier alpha value is -1.40. The topological polar surface area (TPSA) is 66.5 Å². The van der Waals surface area contributed by atoms with E-state index >= 15 is 0 Å². The number of nitrogens with one attached hydrogen (secondary N) is 1. The molecule has 0 spiro atoms. The highest BCUT2D eigenvalue weighted by atomic mass is 32.2. The summed E-state index contributed by atoms with van der Waals surface area (Å²) in [5.74, 6) is -0.264. The Morgan fingerprint density at radius 1 is 1.40 bits per heavy atom. The van der Waals surface area contributed by atoms with Crippen LogP contribution in [0, 0.1) is 0 Å². The number of carbonyl (C=O) groups excluding carboxylic acids is 1. The summed E-state index contributed by atoms with van der Waals surface area (Å²) in [6.45, 7) is -0.141. The largest absolute Gasteiger partial charge is 0.348 e. The molecular weight excluding hydrogens is 276 g/mol. The van der Waals surface area contributed by atoms with Gasteiger partial charge in [-0.25, -0.2) is 8.42 Å². The summed E-state index contributed by atoms with van der Waals surface area (Å²) in [4.78, 5) is 12.0. The van der Waals surface area contributed by atoms with Gasteiger partial charge in [-0.2, -0.15) is 4.31 Å². The number of likely N-dealkylation sites (N-methyl/N-ethyl adjacent to an activating group) is 1. The van der Waals surface area contributed by atoms with Crippen molar-refractivity contribution in [2.45, 2.75) is 25.3 Å². The van der Waals surface area contributed by atoms with Crippen molar-refractivity contribution in [2.75, 3.05) is 19.8 Å². The Morgan fingerprint density at radius 3 is 2.80 bits per heavy atom. The second-order valence-electron chi connectivity index (χ2n) is 5.23. The summed E-state index contributed by atoms with van der Waals surface area (Å²) in [5.41, 5.74) is 2.41. The van der Waals surface area contributed by atoms with Crippen LogP contribution in [0.15, 0.2) is 24.3 Å². The van der Waals surface area contributed by atoms with E-state index in [1.165, 1.54) is 12.6 Å². The maximum Gasteiger partial charge on any atom is 0.235 e. The van der Waals surface area contributed by atoms with Gasteiger partial charge < -0.3 is 5.32 Å². The zero-order valence-corrected chi connectivity index (χ0v) is 12.6. The number of sulfonamides is 1. The molecule has 6 heteroatoms. The van der Waals surface area contributed by atoms with Crippen LogP contribution in [0.2, 0.25) is 0 Å². The van der Waals surface area contributed by atoms with E-state index in [0.717, 1.165) is 35.4 Å². The minimum atomic E-state index is -3.33. The smallest absolute Gasteiger partial charge is 0.235 e. The molecule has 5 nitrogen and oxygen atoms in total. The van der Waals surface area contributed by atoms with E-state index < -0.39 is 10.0 Å². The third-order valence-electron chi connectivity index (χ3n) is 3.64. The average Bonchev–Trinajstić information content (AvgIpc) is 2.38. The molecule has 1 aliphatic rings. The SMILES string of the molecule is CN(CC(=O)N[C@H]1CCCc2ccccc21)S(C)(=O)=O. The molecule has 110 valence electrons. The highest BCUT2D eigenvalue weighted by molar-refractivity contribution is 7.88. The molecular formula is C14H20N2O3S. The second kappa shape index (κ2) is 5.93. The normalized spacial score (nSPS) is 18.6. The van der Waals surface area contributed by atoms with Crippen molar-refractivity contribution in [1.29, 1.82) is 0 Å². The molecule has 1 aromatic rings. The fourth-order valence-corrected chi connectivity index (χ4v) is 2.82. The number of fused-ring (bicyclic) bond motifs is 1. The quantitative estimate of drug-likeness (QED) is 0.904. The number of hydrogen-bond acceptors (Lipinski definition) is 3. The van der Waals surface area contributed by atoms with Crippen LogP contribution < -0.4 is 5.32 Å². The van der Waals surface area contributed by atoms with Gasteiger partial charge in [0.05, 0.1) is 18.8 Å². The Balaban J connectivity index is 2.03. The van der Waals surface area contributed by atoms with Crippen LogP contribution in [0.1, 0.15) is 30.0 Å². The molecule has 1 atom stereocenters. The number of hydrogen-bond donors (Lipinski definition) is 1. The first-order valence-corrected chi connectivity index (χ1v) is 8.51. The van der Waals surface area contributed by atoms with E-state index in [2.05, 4.69) is 11.4 Å². The molecule has 0 radical (unpaired) electrons. The van der Waals surface area contributed by atoms with E-state index in [-0.39, 0.29) is 18.5 Å². The number of aryl methyl sites for hydroxylation is 1. The first-order valence-electron chi connectivity index (χ1n) is 6.66. The van der Waals surface area contributed by atoms with Crippen molar-refractivity contribution in [3.63, 3.8) is 0 Å². The van der Waals surface area contributed by atoms with Crippen molar-refractivity contribution < 1.29 is 13.2 Å². The van der Waals surface area contributed by atoms with Gasteiger partial charge in [0, 0.05) is 7.05 Å². The van der Waals surface area contributed by atoms with Gasteiger partial charge in [-0.1, -0.05) is 24.3 Å². The van der Waals surface area contributed by atoms with Crippen molar-refractivity contribution in [3.05, 3.63) is 35.4 Å². The van der Waals surface area contributed by atoms with Crippen LogP contribution in [0.25, 0.3) is 0 Å². The molecule has 0 bridgehead atoms. The summed E-state index contributed by atoms with van der Waals surface area (Å²) in [6.07, 6.45) is 4.05. The average molecular weight is 296 g/mol. The summed E-state index contributed by atoms with van der Waals surface area (Å²) < 4.78 is 23.7. The van der Waals surface area contributed by atoms with Crippen molar-refractivity contribution in [2.24, 2.45) is 0 Å². The van der Waals surface area contributed by atoms with E-state index in [0.29, 0.717) is 0 Å². The fourth-order valence-electron chi connectivity index (χ4n) is 2.46. The Bertz CT molecular complexity index is 598. The second-order valence-corrected chi connectivity index (χ2v) is 7.32. The van der Waals surface area contributed by atoms with Gasteiger partial charge in [-0.15, -0.1) is 0 Å². The third kappa shape index (κ3) is 3.58. The van der Waals surface area contributed by atoms with E-state index in [9.17, 15) is 13.2 Å². The predicted molar refractivity (Wildman–Crippen MR) is 77.7 cm³/mol. The van der Waals surface area contributed by atoms with Gasteiger partial charge in [0.1, 0.15) is 0 Å². The Kier molecular flexibility index (Phi) is 4.45. The number of nitrogens with zero attached hydrogens (tertiary/aromatic N) is 1. The van der Waals surface area contributed by atoms with E-state index in [1.54, 1.807) is 0 Å². The van der Waals surface area contributed by atoms with E-state index in [4.69, 9.17) is 0 Å². The standard InChI is InChI=1S/C14H20N2O3S/c1-16(20(2,18)19)10-14(17)15-13-9-5-7-11-6-3-4-8-12(11)13/h3-4,6,8,13H,5,7,9-10H2,1-2H3,(H,15,17)/t13-/m0/s1. The number of rotatable bonds is 4. The lowest BCUT2D eigenvalue weighted by atomic mass is 9.88. The molecule has 1 aromatic carbocycles. The highest BCUT2D eigenvalue weighted by Gasteiger charge is 2.23. The highest BCUT2D eigenvalue weighted by Crippen LogP contribution is 2.29. The third-order valence-corrected chi connectivity index (χ3v) is 4.90. The molecule has 0 unspecified atom stereocenters. The Labute approximate surface area is 120 Å². The molecule has 1 N–H and O–H groups in total. The summed E-state index contributed by atoms with van der Waals surface area (Å²) >= 11 is 0. The predicted octanol–water partition coefficient (Wildman–Crippen LogP) is 1.07. The van der Waals surface area contributed by atoms with Crippen LogP contribution in [-0.4, -0.2) is 38.5 Å². The van der Waals surface area contributed by atoms with Crippen LogP contribution in [-0.2, 0) is 21.2 Å². The van der Waals surface area contributed by atoms with Gasteiger partial charge in [0.25, 0.3) is 0 Å². The minimum absolute atomic E-state index is 0.0135. The number of amides is 1. The number of carbonyl (C=O) groups is 1. The molecule has 2 rings (SSSR count). The lowest BCUT2D eigenvalue weighted by molar-refractivity contribution is -0.122. The molecule has 0 saturated heterocycles.